The van der Waals surface area contributed by atoms with Crippen molar-refractivity contribution in [2.24, 2.45) is 0 Å². The molecule has 2 saturated heterocycles. The van der Waals surface area contributed by atoms with Gasteiger partial charge in [0.2, 0.25) is 0 Å². The Morgan fingerprint density at radius 2 is 0.941 bits per heavy atom. The zero-order valence-electron chi connectivity index (χ0n) is 18.4. The molecular formula is C20H34O14. The molecule has 0 aromatic heterocycles. The molecule has 14 heteroatoms. The molecule has 14 nitrogen and oxygen atoms in total. The number of aliphatic hydroxyl groups excluding tert-OH is 8. The zero-order valence-corrected chi connectivity index (χ0v) is 18.4. The van der Waals surface area contributed by atoms with Crippen LogP contribution in [0.5, 0.6) is 0 Å². The van der Waals surface area contributed by atoms with Crippen LogP contribution in [0.2, 0.25) is 0 Å². The Morgan fingerprint density at radius 1 is 0.559 bits per heavy atom. The van der Waals surface area contributed by atoms with Crippen molar-refractivity contribution in [1.82, 2.24) is 0 Å². The van der Waals surface area contributed by atoms with Gasteiger partial charge in [-0.3, -0.25) is 0 Å². The van der Waals surface area contributed by atoms with Gasteiger partial charge < -0.3 is 69.3 Å². The van der Waals surface area contributed by atoms with Gasteiger partial charge in [-0.25, -0.2) is 0 Å². The second-order valence-corrected chi connectivity index (χ2v) is 8.28. The Bertz CT molecular complexity index is 580. The van der Waals surface area contributed by atoms with Crippen LogP contribution in [0.1, 0.15) is 0 Å². The van der Waals surface area contributed by atoms with Gasteiger partial charge in [-0.1, -0.05) is 12.2 Å². The molecule has 0 amide bonds. The molecule has 0 unspecified atom stereocenters. The van der Waals surface area contributed by atoms with Crippen LogP contribution in [0.25, 0.3) is 0 Å². The van der Waals surface area contributed by atoms with Crippen molar-refractivity contribution in [3.05, 3.63) is 12.2 Å². The molecule has 0 bridgehead atoms. The molecular weight excluding hydrogens is 464 g/mol. The van der Waals surface area contributed by atoms with E-state index in [-0.39, 0.29) is 26.4 Å². The van der Waals surface area contributed by atoms with E-state index in [9.17, 15) is 40.9 Å². The van der Waals surface area contributed by atoms with Gasteiger partial charge in [0.1, 0.15) is 61.0 Å². The fraction of sp³-hybridized carbons (Fsp3) is 0.900. The minimum absolute atomic E-state index is 0.197. The predicted octanol–water partition coefficient (Wildman–Crippen LogP) is -5.04. The second kappa shape index (κ2) is 12.9. The average Bonchev–Trinajstić information content (AvgIpc) is 2.82. The highest BCUT2D eigenvalue weighted by Gasteiger charge is 2.46. The number of ether oxygens (including phenoxy) is 6. The first kappa shape index (κ1) is 27.8. The molecule has 0 aromatic carbocycles. The van der Waals surface area contributed by atoms with Crippen molar-refractivity contribution < 1.29 is 69.3 Å². The van der Waals surface area contributed by atoms with Gasteiger partial charge in [-0.05, 0) is 0 Å². The van der Waals surface area contributed by atoms with Crippen molar-refractivity contribution in [2.45, 2.75) is 73.6 Å². The second-order valence-electron chi connectivity index (χ2n) is 8.28. The van der Waals surface area contributed by atoms with Crippen LogP contribution in [-0.2, 0) is 28.4 Å². The van der Waals surface area contributed by atoms with Crippen molar-refractivity contribution in [3.63, 3.8) is 0 Å². The summed E-state index contributed by atoms with van der Waals surface area (Å²) in [7, 11) is 0. The molecule has 34 heavy (non-hydrogen) atoms. The van der Waals surface area contributed by atoms with Gasteiger partial charge in [0.05, 0.1) is 39.6 Å². The quantitative estimate of drug-likeness (QED) is 0.147. The third kappa shape index (κ3) is 6.48. The van der Waals surface area contributed by atoms with Gasteiger partial charge in [0, 0.05) is 0 Å². The normalized spacial score (nSPS) is 47.1. The average molecular weight is 498 g/mol. The van der Waals surface area contributed by atoms with Gasteiger partial charge in [0.15, 0.2) is 12.6 Å². The molecule has 12 atom stereocenters. The number of aliphatic hydroxyl groups is 8. The van der Waals surface area contributed by atoms with Crippen molar-refractivity contribution in [2.75, 3.05) is 39.6 Å². The van der Waals surface area contributed by atoms with Gasteiger partial charge in [-0.15, -0.1) is 0 Å². The summed E-state index contributed by atoms with van der Waals surface area (Å²) in [5.74, 6) is 0. The summed E-state index contributed by atoms with van der Waals surface area (Å²) in [5, 5.41) is 78.6. The van der Waals surface area contributed by atoms with Crippen LogP contribution in [0.3, 0.4) is 0 Å². The number of hydrogen-bond acceptors (Lipinski definition) is 14. The van der Waals surface area contributed by atoms with Crippen LogP contribution < -0.4 is 0 Å². The molecule has 0 aliphatic carbocycles. The minimum Gasteiger partial charge on any atom is -0.394 e. The van der Waals surface area contributed by atoms with E-state index in [2.05, 4.69) is 0 Å². The lowest BCUT2D eigenvalue weighted by Gasteiger charge is -2.41. The molecule has 0 saturated carbocycles. The largest absolute Gasteiger partial charge is 0.394 e. The summed E-state index contributed by atoms with van der Waals surface area (Å²) in [5.41, 5.74) is 0. The Labute approximate surface area is 195 Å². The first-order valence-corrected chi connectivity index (χ1v) is 11.0. The summed E-state index contributed by atoms with van der Waals surface area (Å²) in [6.07, 6.45) is -12.6. The lowest BCUT2D eigenvalue weighted by Crippen LogP contribution is -2.60. The third-order valence-corrected chi connectivity index (χ3v) is 5.94. The molecule has 198 valence electrons. The van der Waals surface area contributed by atoms with E-state index in [0.717, 1.165) is 0 Å². The first-order chi connectivity index (χ1) is 16.3. The van der Waals surface area contributed by atoms with Crippen LogP contribution >= 0.6 is 0 Å². The Hall–Kier alpha value is -0.820. The monoisotopic (exact) mass is 498 g/mol. The van der Waals surface area contributed by atoms with E-state index >= 15 is 0 Å². The zero-order chi connectivity index (χ0) is 24.8. The predicted molar refractivity (Wildman–Crippen MR) is 108 cm³/mol. The van der Waals surface area contributed by atoms with Gasteiger partial charge >= 0.3 is 0 Å². The van der Waals surface area contributed by atoms with E-state index in [0.29, 0.717) is 0 Å². The fourth-order valence-corrected chi connectivity index (χ4v) is 3.81. The van der Waals surface area contributed by atoms with E-state index in [1.807, 2.05) is 0 Å². The van der Waals surface area contributed by atoms with Crippen molar-refractivity contribution in [3.8, 4) is 0 Å². The molecule has 2 fully saturated rings. The maximum absolute atomic E-state index is 10.2. The Kier molecular flexibility index (Phi) is 10.6. The molecule has 0 spiro atoms. The number of hydrogen-bond donors (Lipinski definition) is 8. The summed E-state index contributed by atoms with van der Waals surface area (Å²) >= 11 is 0. The maximum Gasteiger partial charge on any atom is 0.186 e. The summed E-state index contributed by atoms with van der Waals surface area (Å²) in [6, 6.07) is 0. The Balaban J connectivity index is 1.60. The van der Waals surface area contributed by atoms with E-state index in [4.69, 9.17) is 28.4 Å². The molecule has 3 heterocycles. The highest BCUT2D eigenvalue weighted by Crippen LogP contribution is 2.25. The highest BCUT2D eigenvalue weighted by atomic mass is 16.7. The standard InChI is InChI=1S/C20H34O14/c21-5-9-13(23)15(25)17(27)19(33-9)31-7-11-12(30-4-2-1-3-29-11)8-32-20-18(28)16(26)14(24)10(6-22)34-20/h1-2,9-28H,3-8H2/b2-1-/t9-,10-,11-,12-,13-,14-,15+,16+,17+,18+,19+,20+/m1/s1. The summed E-state index contributed by atoms with van der Waals surface area (Å²) in [6.45, 7) is -1.23. The SMILES string of the molecule is OC[C@H]1O[C@H](OC[C@H]2OC/C=C\CO[C@@H]2CO[C@H]2O[C@H](CO)[C@@H](O)[C@H](O)[C@@H]2O)[C@@H](O)[C@@H](O)[C@@H]1O. The van der Waals surface area contributed by atoms with Crippen LogP contribution in [0, 0.1) is 0 Å². The van der Waals surface area contributed by atoms with Crippen molar-refractivity contribution >= 4 is 0 Å². The van der Waals surface area contributed by atoms with E-state index in [1.165, 1.54) is 0 Å². The molecule has 8 N–H and O–H groups in total. The molecule has 3 aliphatic heterocycles. The van der Waals surface area contributed by atoms with E-state index in [1.54, 1.807) is 12.2 Å². The fourth-order valence-electron chi connectivity index (χ4n) is 3.81. The van der Waals surface area contributed by atoms with Crippen molar-refractivity contribution in [1.29, 1.82) is 0 Å². The molecule has 3 rings (SSSR count). The lowest BCUT2D eigenvalue weighted by atomic mass is 9.99. The highest BCUT2D eigenvalue weighted by molar-refractivity contribution is 4.91. The van der Waals surface area contributed by atoms with Crippen LogP contribution in [0.15, 0.2) is 12.2 Å². The molecule has 0 radical (unpaired) electrons. The smallest absolute Gasteiger partial charge is 0.186 e. The minimum atomic E-state index is -1.60. The maximum atomic E-state index is 10.2. The first-order valence-electron chi connectivity index (χ1n) is 11.0. The van der Waals surface area contributed by atoms with Gasteiger partial charge in [-0.2, -0.15) is 0 Å². The summed E-state index contributed by atoms with van der Waals surface area (Å²) in [4.78, 5) is 0. The summed E-state index contributed by atoms with van der Waals surface area (Å²) < 4.78 is 33.2. The topological polar surface area (TPSA) is 217 Å². The van der Waals surface area contributed by atoms with E-state index < -0.39 is 86.8 Å². The van der Waals surface area contributed by atoms with Gasteiger partial charge in [0.25, 0.3) is 0 Å². The van der Waals surface area contributed by atoms with Crippen LogP contribution in [0.4, 0.5) is 0 Å². The lowest BCUT2D eigenvalue weighted by molar-refractivity contribution is -0.314. The molecule has 0 aromatic rings. The third-order valence-electron chi connectivity index (χ3n) is 5.94. The molecule has 3 aliphatic rings. The number of rotatable bonds is 8. The Morgan fingerprint density at radius 3 is 1.29 bits per heavy atom. The van der Waals surface area contributed by atoms with Crippen LogP contribution in [-0.4, -0.2) is 154 Å².